The Morgan fingerprint density at radius 3 is 2.56 bits per heavy atom. The summed E-state index contributed by atoms with van der Waals surface area (Å²) in [7, 11) is -2.99. The van der Waals surface area contributed by atoms with Crippen molar-refractivity contribution in [2.45, 2.75) is 23.1 Å². The molecule has 0 saturated carbocycles. The molecule has 34 heavy (non-hydrogen) atoms. The van der Waals surface area contributed by atoms with Crippen LogP contribution >= 0.6 is 0 Å². The lowest BCUT2D eigenvalue weighted by molar-refractivity contribution is -0.145. The molecule has 0 radical (unpaired) electrons. The standard InChI is InChI=1S/C21H18F2N4O6S/c1-12-6-7-13(11-25-12)34(31,32)17-10-15(21(24-2)33-19(30)9-8-18(28)29)26-27(17)16-5-3-4-14(22)20(16)23/h3-11,21,24H,1-2H3,(H,28,29)/b9-8+. The van der Waals surface area contributed by atoms with Gasteiger partial charge in [-0.15, -0.1) is 0 Å². The van der Waals surface area contributed by atoms with Gasteiger partial charge in [0.25, 0.3) is 0 Å². The Bertz CT molecular complexity index is 1370. The molecular formula is C21H18F2N4O6S. The second-order valence-electron chi connectivity index (χ2n) is 6.81. The zero-order valence-corrected chi connectivity index (χ0v) is 18.6. The number of carboxylic acids is 1. The summed E-state index contributed by atoms with van der Waals surface area (Å²) >= 11 is 0. The number of nitrogens with one attached hydrogen (secondary N) is 1. The van der Waals surface area contributed by atoms with E-state index in [1.54, 1.807) is 6.92 Å². The molecule has 0 bridgehead atoms. The maximum atomic E-state index is 14.6. The fraction of sp³-hybridized carbons (Fsp3) is 0.143. The molecule has 0 amide bonds. The average molecular weight is 492 g/mol. The number of benzene rings is 1. The highest BCUT2D eigenvalue weighted by molar-refractivity contribution is 7.91. The summed E-state index contributed by atoms with van der Waals surface area (Å²) in [6, 6.07) is 6.93. The molecule has 0 saturated heterocycles. The number of pyridine rings is 1. The van der Waals surface area contributed by atoms with Crippen molar-refractivity contribution in [2.75, 3.05) is 7.05 Å². The lowest BCUT2D eigenvalue weighted by atomic mass is 10.3. The second kappa shape index (κ2) is 9.89. The number of halogens is 2. The number of hydrogen-bond donors (Lipinski definition) is 2. The first-order valence-corrected chi connectivity index (χ1v) is 11.0. The number of esters is 1. The van der Waals surface area contributed by atoms with E-state index in [0.717, 1.165) is 24.4 Å². The van der Waals surface area contributed by atoms with Crippen molar-refractivity contribution in [1.82, 2.24) is 20.1 Å². The van der Waals surface area contributed by atoms with E-state index >= 15 is 0 Å². The van der Waals surface area contributed by atoms with Gasteiger partial charge in [0.05, 0.1) is 4.90 Å². The molecule has 1 unspecified atom stereocenters. The lowest BCUT2D eigenvalue weighted by Crippen LogP contribution is -2.23. The highest BCUT2D eigenvalue weighted by Gasteiger charge is 2.30. The number of aryl methyl sites for hydroxylation is 1. The van der Waals surface area contributed by atoms with Gasteiger partial charge in [-0.05, 0) is 38.2 Å². The van der Waals surface area contributed by atoms with E-state index in [2.05, 4.69) is 15.4 Å². The Morgan fingerprint density at radius 2 is 1.94 bits per heavy atom. The van der Waals surface area contributed by atoms with E-state index in [0.29, 0.717) is 22.5 Å². The smallest absolute Gasteiger partial charge is 0.332 e. The molecule has 0 fully saturated rings. The third-order valence-corrected chi connectivity index (χ3v) is 6.16. The van der Waals surface area contributed by atoms with Crippen LogP contribution in [-0.2, 0) is 24.2 Å². The van der Waals surface area contributed by atoms with E-state index < -0.39 is 50.4 Å². The van der Waals surface area contributed by atoms with Gasteiger partial charge in [0, 0.05) is 30.1 Å². The molecule has 0 aliphatic rings. The number of hydrogen-bond acceptors (Lipinski definition) is 8. The molecule has 178 valence electrons. The van der Waals surface area contributed by atoms with Crippen LogP contribution in [0.3, 0.4) is 0 Å². The van der Waals surface area contributed by atoms with Gasteiger partial charge in [0.15, 0.2) is 22.9 Å². The second-order valence-corrected chi connectivity index (χ2v) is 8.70. The summed E-state index contributed by atoms with van der Waals surface area (Å²) < 4.78 is 60.9. The largest absolute Gasteiger partial charge is 0.478 e. The van der Waals surface area contributed by atoms with Gasteiger partial charge in [0.1, 0.15) is 11.4 Å². The summed E-state index contributed by atoms with van der Waals surface area (Å²) in [5.74, 6) is -5.03. The fourth-order valence-electron chi connectivity index (χ4n) is 2.83. The Hall–Kier alpha value is -3.97. The Morgan fingerprint density at radius 1 is 1.21 bits per heavy atom. The van der Waals surface area contributed by atoms with E-state index in [1.165, 1.54) is 25.2 Å². The zero-order chi connectivity index (χ0) is 25.0. The van der Waals surface area contributed by atoms with Gasteiger partial charge in [0.2, 0.25) is 9.84 Å². The maximum Gasteiger partial charge on any atom is 0.332 e. The first-order valence-electron chi connectivity index (χ1n) is 9.55. The quantitative estimate of drug-likeness (QED) is 0.275. The molecule has 13 heteroatoms. The van der Waals surface area contributed by atoms with Crippen molar-refractivity contribution in [3.8, 4) is 5.69 Å². The predicted molar refractivity (Wildman–Crippen MR) is 113 cm³/mol. The summed E-state index contributed by atoms with van der Waals surface area (Å²) in [5.41, 5.74) is -0.125. The van der Waals surface area contributed by atoms with Crippen molar-refractivity contribution >= 4 is 21.8 Å². The number of carbonyl (C=O) groups excluding carboxylic acids is 1. The molecule has 0 aliphatic carbocycles. The van der Waals surface area contributed by atoms with Crippen LogP contribution in [0.15, 0.2) is 64.7 Å². The van der Waals surface area contributed by atoms with Crippen LogP contribution in [0.1, 0.15) is 17.6 Å². The minimum Gasteiger partial charge on any atom is -0.478 e. The number of rotatable bonds is 8. The van der Waals surface area contributed by atoms with Crippen LogP contribution in [0.25, 0.3) is 5.69 Å². The van der Waals surface area contributed by atoms with Crippen molar-refractivity contribution in [1.29, 1.82) is 0 Å². The predicted octanol–water partition coefficient (Wildman–Crippen LogP) is 2.09. The Labute approximate surface area is 192 Å². The van der Waals surface area contributed by atoms with E-state index in [9.17, 15) is 26.8 Å². The number of nitrogens with zero attached hydrogens (tertiary/aromatic N) is 3. The first-order chi connectivity index (χ1) is 16.0. The molecule has 3 aromatic rings. The maximum absolute atomic E-state index is 14.6. The molecule has 2 heterocycles. The van der Waals surface area contributed by atoms with Crippen LogP contribution in [-0.4, -0.2) is 47.3 Å². The third kappa shape index (κ3) is 5.15. The highest BCUT2D eigenvalue weighted by atomic mass is 32.2. The van der Waals surface area contributed by atoms with Gasteiger partial charge in [-0.2, -0.15) is 5.10 Å². The van der Waals surface area contributed by atoms with Gasteiger partial charge in [-0.3, -0.25) is 10.3 Å². The minimum absolute atomic E-state index is 0.179. The normalized spacial score (nSPS) is 12.6. The van der Waals surface area contributed by atoms with Crippen molar-refractivity contribution < 1.29 is 36.6 Å². The number of carbonyl (C=O) groups is 2. The van der Waals surface area contributed by atoms with Crippen LogP contribution < -0.4 is 5.32 Å². The summed E-state index contributed by atoms with van der Waals surface area (Å²) in [6.45, 7) is 1.66. The van der Waals surface area contributed by atoms with Gasteiger partial charge >= 0.3 is 11.9 Å². The SMILES string of the molecule is CNC(OC(=O)/C=C/C(=O)O)c1cc(S(=O)(=O)c2ccc(C)nc2)n(-c2cccc(F)c2F)n1. The minimum atomic E-state index is -4.35. The van der Waals surface area contributed by atoms with Gasteiger partial charge in [-0.25, -0.2) is 31.5 Å². The van der Waals surface area contributed by atoms with Crippen molar-refractivity contribution in [2.24, 2.45) is 0 Å². The molecular weight excluding hydrogens is 474 g/mol. The fourth-order valence-corrected chi connectivity index (χ4v) is 4.15. The molecule has 0 aliphatic heterocycles. The molecule has 1 aromatic carbocycles. The number of ether oxygens (including phenoxy) is 1. The summed E-state index contributed by atoms with van der Waals surface area (Å²) in [4.78, 5) is 26.2. The van der Waals surface area contributed by atoms with Gasteiger partial charge in [-0.1, -0.05) is 6.07 Å². The monoisotopic (exact) mass is 492 g/mol. The molecule has 2 aromatic heterocycles. The van der Waals surface area contributed by atoms with Crippen LogP contribution in [0, 0.1) is 18.6 Å². The number of aliphatic carboxylic acids is 1. The van der Waals surface area contributed by atoms with Crippen molar-refractivity contribution in [3.63, 3.8) is 0 Å². The van der Waals surface area contributed by atoms with Crippen LogP contribution in [0.5, 0.6) is 0 Å². The Balaban J connectivity index is 2.16. The summed E-state index contributed by atoms with van der Waals surface area (Å²) in [5, 5.41) is 14.7. The molecule has 1 atom stereocenters. The summed E-state index contributed by atoms with van der Waals surface area (Å²) in [6.07, 6.45) is 0.950. The van der Waals surface area contributed by atoms with Crippen LogP contribution in [0.2, 0.25) is 0 Å². The number of sulfone groups is 1. The topological polar surface area (TPSA) is 140 Å². The molecule has 0 spiro atoms. The van der Waals surface area contributed by atoms with E-state index in [4.69, 9.17) is 9.84 Å². The van der Waals surface area contributed by atoms with E-state index in [-0.39, 0.29) is 10.6 Å². The third-order valence-electron chi connectivity index (χ3n) is 4.45. The lowest BCUT2D eigenvalue weighted by Gasteiger charge is -2.13. The highest BCUT2D eigenvalue weighted by Crippen LogP contribution is 2.28. The number of carboxylic acid groups (broad SMARTS) is 1. The first kappa shape index (κ1) is 24.7. The van der Waals surface area contributed by atoms with Crippen molar-refractivity contribution in [3.05, 3.63) is 77.8 Å². The molecule has 2 N–H and O–H groups in total. The van der Waals surface area contributed by atoms with E-state index in [1.807, 2.05) is 0 Å². The average Bonchev–Trinajstić information content (AvgIpc) is 3.24. The van der Waals surface area contributed by atoms with Gasteiger partial charge < -0.3 is 9.84 Å². The molecule has 3 rings (SSSR count). The zero-order valence-electron chi connectivity index (χ0n) is 17.8. The Kier molecular flexibility index (Phi) is 7.17. The van der Waals surface area contributed by atoms with Crippen LogP contribution in [0.4, 0.5) is 8.78 Å². The molecule has 10 nitrogen and oxygen atoms in total. The number of aromatic nitrogens is 3.